The third kappa shape index (κ3) is 3.51. The van der Waals surface area contributed by atoms with E-state index in [4.69, 9.17) is 0 Å². The zero-order valence-electron chi connectivity index (χ0n) is 9.82. The zero-order valence-corrected chi connectivity index (χ0v) is 11.4. The second-order valence-electron chi connectivity index (χ2n) is 4.36. The first kappa shape index (κ1) is 12.5. The fourth-order valence-electron chi connectivity index (χ4n) is 1.94. The second-order valence-corrected chi connectivity index (χ2v) is 5.27. The van der Waals surface area contributed by atoms with E-state index in [1.807, 2.05) is 19.2 Å². The van der Waals surface area contributed by atoms with Gasteiger partial charge in [-0.3, -0.25) is 9.78 Å². The van der Waals surface area contributed by atoms with E-state index in [1.165, 1.54) is 0 Å². The van der Waals surface area contributed by atoms with E-state index in [9.17, 15) is 4.79 Å². The SMILES string of the molecule is CN1CC(NCc2ccc(Br)cn2)CCC1=O. The van der Waals surface area contributed by atoms with Crippen molar-refractivity contribution in [1.82, 2.24) is 15.2 Å². The zero-order chi connectivity index (χ0) is 12.3. The van der Waals surface area contributed by atoms with Crippen LogP contribution in [-0.4, -0.2) is 35.4 Å². The van der Waals surface area contributed by atoms with E-state index in [1.54, 1.807) is 11.1 Å². The number of nitrogens with zero attached hydrogens (tertiary/aromatic N) is 2. The highest BCUT2D eigenvalue weighted by Gasteiger charge is 2.22. The predicted octanol–water partition coefficient (Wildman–Crippen LogP) is 1.55. The average Bonchev–Trinajstić information content (AvgIpc) is 2.33. The van der Waals surface area contributed by atoms with Crippen LogP contribution in [0.5, 0.6) is 0 Å². The van der Waals surface area contributed by atoms with Gasteiger partial charge in [-0.2, -0.15) is 0 Å². The number of piperidine rings is 1. The lowest BCUT2D eigenvalue weighted by molar-refractivity contribution is -0.132. The van der Waals surface area contributed by atoms with Crippen LogP contribution < -0.4 is 5.32 Å². The standard InChI is InChI=1S/C12H16BrN3O/c1-16-8-11(4-5-12(16)17)15-7-10-3-2-9(13)6-14-10/h2-3,6,11,15H,4-5,7-8H2,1H3. The largest absolute Gasteiger partial charge is 0.344 e. The van der Waals surface area contributed by atoms with Crippen LogP contribution in [0.15, 0.2) is 22.8 Å². The lowest BCUT2D eigenvalue weighted by atomic mass is 10.1. The lowest BCUT2D eigenvalue weighted by Crippen LogP contribution is -2.46. The Balaban J connectivity index is 1.82. The number of carbonyl (C=O) groups excluding carboxylic acids is 1. The Morgan fingerprint density at radius 2 is 2.41 bits per heavy atom. The summed E-state index contributed by atoms with van der Waals surface area (Å²) >= 11 is 3.36. The molecule has 2 rings (SSSR count). The molecular formula is C12H16BrN3O. The van der Waals surface area contributed by atoms with Crippen LogP contribution in [0.1, 0.15) is 18.5 Å². The third-order valence-electron chi connectivity index (χ3n) is 2.99. The minimum atomic E-state index is 0.241. The molecule has 1 aromatic rings. The van der Waals surface area contributed by atoms with Gasteiger partial charge in [-0.05, 0) is 34.5 Å². The molecule has 1 aliphatic heterocycles. The molecule has 1 atom stereocenters. The molecule has 1 N–H and O–H groups in total. The Labute approximate surface area is 110 Å². The van der Waals surface area contributed by atoms with Gasteiger partial charge in [0, 0.05) is 43.3 Å². The number of hydrogen-bond donors (Lipinski definition) is 1. The molecule has 1 fully saturated rings. The Hall–Kier alpha value is -0.940. The summed E-state index contributed by atoms with van der Waals surface area (Å²) in [6.45, 7) is 1.54. The summed E-state index contributed by atoms with van der Waals surface area (Å²) in [5.74, 6) is 0.241. The third-order valence-corrected chi connectivity index (χ3v) is 3.46. The van der Waals surface area contributed by atoms with Gasteiger partial charge in [0.1, 0.15) is 0 Å². The normalized spacial score (nSPS) is 20.7. The number of rotatable bonds is 3. The number of pyridine rings is 1. The average molecular weight is 298 g/mol. The van der Waals surface area contributed by atoms with Crippen LogP contribution in [-0.2, 0) is 11.3 Å². The maximum atomic E-state index is 11.3. The molecule has 1 amide bonds. The van der Waals surface area contributed by atoms with Crippen molar-refractivity contribution in [2.24, 2.45) is 0 Å². The quantitative estimate of drug-likeness (QED) is 0.921. The van der Waals surface area contributed by atoms with Gasteiger partial charge in [0.05, 0.1) is 5.69 Å². The van der Waals surface area contributed by atoms with E-state index in [2.05, 4.69) is 26.2 Å². The van der Waals surface area contributed by atoms with Gasteiger partial charge in [-0.1, -0.05) is 0 Å². The highest BCUT2D eigenvalue weighted by Crippen LogP contribution is 2.11. The minimum Gasteiger partial charge on any atom is -0.344 e. The van der Waals surface area contributed by atoms with Gasteiger partial charge in [0.2, 0.25) is 5.91 Å². The van der Waals surface area contributed by atoms with Gasteiger partial charge >= 0.3 is 0 Å². The molecule has 4 nitrogen and oxygen atoms in total. The molecule has 0 aromatic carbocycles. The maximum absolute atomic E-state index is 11.3. The van der Waals surface area contributed by atoms with Gasteiger partial charge in [0.25, 0.3) is 0 Å². The summed E-state index contributed by atoms with van der Waals surface area (Å²) < 4.78 is 0.990. The van der Waals surface area contributed by atoms with Crippen molar-refractivity contribution in [3.63, 3.8) is 0 Å². The number of halogens is 1. The number of likely N-dealkylation sites (N-methyl/N-ethyl adjacent to an activating group) is 1. The molecule has 0 radical (unpaired) electrons. The molecular weight excluding hydrogens is 282 g/mol. The summed E-state index contributed by atoms with van der Waals surface area (Å²) in [5.41, 5.74) is 1.02. The van der Waals surface area contributed by atoms with E-state index in [0.29, 0.717) is 12.5 Å². The lowest BCUT2D eigenvalue weighted by Gasteiger charge is -2.30. The second kappa shape index (κ2) is 5.60. The van der Waals surface area contributed by atoms with Crippen LogP contribution in [0.3, 0.4) is 0 Å². The molecule has 17 heavy (non-hydrogen) atoms. The summed E-state index contributed by atoms with van der Waals surface area (Å²) in [4.78, 5) is 17.4. The van der Waals surface area contributed by atoms with Crippen LogP contribution in [0.4, 0.5) is 0 Å². The molecule has 1 aliphatic rings. The predicted molar refractivity (Wildman–Crippen MR) is 69.4 cm³/mol. The van der Waals surface area contributed by atoms with E-state index in [0.717, 1.165) is 29.7 Å². The maximum Gasteiger partial charge on any atom is 0.222 e. The van der Waals surface area contributed by atoms with Crippen molar-refractivity contribution in [2.45, 2.75) is 25.4 Å². The van der Waals surface area contributed by atoms with Gasteiger partial charge in [-0.15, -0.1) is 0 Å². The molecule has 0 bridgehead atoms. The number of amides is 1. The summed E-state index contributed by atoms with van der Waals surface area (Å²) in [5, 5.41) is 3.44. The summed E-state index contributed by atoms with van der Waals surface area (Å²) in [7, 11) is 1.86. The molecule has 1 unspecified atom stereocenters. The fourth-order valence-corrected chi connectivity index (χ4v) is 2.17. The molecule has 1 aromatic heterocycles. The van der Waals surface area contributed by atoms with Gasteiger partial charge in [-0.25, -0.2) is 0 Å². The molecule has 92 valence electrons. The molecule has 1 saturated heterocycles. The first-order valence-electron chi connectivity index (χ1n) is 5.73. The van der Waals surface area contributed by atoms with Crippen molar-refractivity contribution in [2.75, 3.05) is 13.6 Å². The van der Waals surface area contributed by atoms with Gasteiger partial charge < -0.3 is 10.2 Å². The van der Waals surface area contributed by atoms with E-state index < -0.39 is 0 Å². The highest BCUT2D eigenvalue weighted by atomic mass is 79.9. The number of carbonyl (C=O) groups is 1. The number of aromatic nitrogens is 1. The van der Waals surface area contributed by atoms with Crippen molar-refractivity contribution in [3.05, 3.63) is 28.5 Å². The monoisotopic (exact) mass is 297 g/mol. The summed E-state index contributed by atoms with van der Waals surface area (Å²) in [6, 6.07) is 4.36. The molecule has 2 heterocycles. The fraction of sp³-hybridized carbons (Fsp3) is 0.500. The van der Waals surface area contributed by atoms with Crippen molar-refractivity contribution < 1.29 is 4.79 Å². The summed E-state index contributed by atoms with van der Waals surface area (Å²) in [6.07, 6.45) is 3.36. The Bertz CT molecular complexity index is 393. The Kier molecular flexibility index (Phi) is 4.12. The molecule has 0 spiro atoms. The van der Waals surface area contributed by atoms with Crippen molar-refractivity contribution >= 4 is 21.8 Å². The van der Waals surface area contributed by atoms with Crippen LogP contribution in [0.25, 0.3) is 0 Å². The molecule has 0 aliphatic carbocycles. The van der Waals surface area contributed by atoms with E-state index in [-0.39, 0.29) is 5.91 Å². The molecule has 5 heteroatoms. The van der Waals surface area contributed by atoms with Gasteiger partial charge in [0.15, 0.2) is 0 Å². The Morgan fingerprint density at radius 3 is 3.06 bits per heavy atom. The number of nitrogens with one attached hydrogen (secondary N) is 1. The first-order chi connectivity index (χ1) is 8.15. The smallest absolute Gasteiger partial charge is 0.222 e. The first-order valence-corrected chi connectivity index (χ1v) is 6.52. The highest BCUT2D eigenvalue weighted by molar-refractivity contribution is 9.10. The number of hydrogen-bond acceptors (Lipinski definition) is 3. The Morgan fingerprint density at radius 1 is 1.59 bits per heavy atom. The van der Waals surface area contributed by atoms with E-state index >= 15 is 0 Å². The van der Waals surface area contributed by atoms with Crippen molar-refractivity contribution in [3.8, 4) is 0 Å². The van der Waals surface area contributed by atoms with Crippen LogP contribution in [0, 0.1) is 0 Å². The minimum absolute atomic E-state index is 0.241. The van der Waals surface area contributed by atoms with Crippen LogP contribution in [0.2, 0.25) is 0 Å². The topological polar surface area (TPSA) is 45.2 Å². The number of likely N-dealkylation sites (tertiary alicyclic amines) is 1. The van der Waals surface area contributed by atoms with Crippen LogP contribution >= 0.6 is 15.9 Å². The van der Waals surface area contributed by atoms with Crippen molar-refractivity contribution in [1.29, 1.82) is 0 Å². The molecule has 0 saturated carbocycles.